The number of hydrogen-bond acceptors (Lipinski definition) is 5. The fourth-order valence-electron chi connectivity index (χ4n) is 1.45. The van der Waals surface area contributed by atoms with Crippen LogP contribution in [0.2, 0.25) is 0 Å². The van der Waals surface area contributed by atoms with E-state index in [0.29, 0.717) is 0 Å². The van der Waals surface area contributed by atoms with E-state index in [1.807, 2.05) is 0 Å². The van der Waals surface area contributed by atoms with Gasteiger partial charge in [-0.3, -0.25) is 0 Å². The zero-order chi connectivity index (χ0) is 14.8. The Kier molecular flexibility index (Phi) is 4.51. The van der Waals surface area contributed by atoms with Crippen molar-refractivity contribution >= 4 is 21.7 Å². The molecule has 0 aliphatic rings. The fraction of sp³-hybridized carbons (Fsp3) is 0.364. The lowest BCUT2D eigenvalue weighted by Gasteiger charge is -2.23. The molecule has 0 saturated heterocycles. The van der Waals surface area contributed by atoms with Gasteiger partial charge in [-0.15, -0.1) is 0 Å². The molecule has 1 rings (SSSR count). The number of carbonyl (C=O) groups is 1. The molecule has 1 atom stereocenters. The van der Waals surface area contributed by atoms with Gasteiger partial charge in [0.05, 0.1) is 17.1 Å². The highest BCUT2D eigenvalue weighted by atomic mass is 32.2. The summed E-state index contributed by atoms with van der Waals surface area (Å²) in [5, 5.41) is 18.0. The van der Waals surface area contributed by atoms with Crippen LogP contribution in [-0.4, -0.2) is 48.6 Å². The van der Waals surface area contributed by atoms with Crippen LogP contribution in [0.1, 0.15) is 17.3 Å². The van der Waals surface area contributed by atoms with Gasteiger partial charge in [0.25, 0.3) is 0 Å². The second kappa shape index (κ2) is 5.55. The number of nitrogen functional groups attached to an aromatic ring is 1. The number of nitrogens with zero attached hydrogens (tertiary/aromatic N) is 1. The van der Waals surface area contributed by atoms with E-state index in [2.05, 4.69) is 0 Å². The van der Waals surface area contributed by atoms with Crippen LogP contribution in [0.25, 0.3) is 0 Å². The van der Waals surface area contributed by atoms with Crippen LogP contribution in [0.15, 0.2) is 23.1 Å². The standard InChI is InChI=1S/C11H16N2O5S/c1-7(6-14)13(2)19(17,18)10-4-3-8(12)5-9(10)11(15)16/h3-5,7,14H,6,12H2,1-2H3,(H,15,16). The highest BCUT2D eigenvalue weighted by Gasteiger charge is 2.29. The summed E-state index contributed by atoms with van der Waals surface area (Å²) in [5.74, 6) is -1.38. The number of rotatable bonds is 5. The van der Waals surface area contributed by atoms with Gasteiger partial charge >= 0.3 is 5.97 Å². The van der Waals surface area contributed by atoms with Gasteiger partial charge in [-0.2, -0.15) is 4.31 Å². The van der Waals surface area contributed by atoms with E-state index in [1.165, 1.54) is 20.0 Å². The molecule has 4 N–H and O–H groups in total. The number of likely N-dealkylation sites (N-methyl/N-ethyl adjacent to an activating group) is 1. The number of carboxylic acid groups (broad SMARTS) is 1. The summed E-state index contributed by atoms with van der Waals surface area (Å²) < 4.78 is 25.5. The Labute approximate surface area is 111 Å². The Morgan fingerprint density at radius 3 is 2.53 bits per heavy atom. The van der Waals surface area contributed by atoms with Crippen molar-refractivity contribution in [3.63, 3.8) is 0 Å². The van der Waals surface area contributed by atoms with E-state index in [9.17, 15) is 13.2 Å². The maximum absolute atomic E-state index is 12.3. The van der Waals surface area contributed by atoms with Crippen molar-refractivity contribution in [1.82, 2.24) is 4.31 Å². The molecule has 1 unspecified atom stereocenters. The van der Waals surface area contributed by atoms with E-state index in [1.54, 1.807) is 0 Å². The maximum Gasteiger partial charge on any atom is 0.337 e. The molecule has 19 heavy (non-hydrogen) atoms. The zero-order valence-corrected chi connectivity index (χ0v) is 11.4. The molecule has 0 amide bonds. The Bertz CT molecular complexity index is 585. The van der Waals surface area contributed by atoms with E-state index in [0.717, 1.165) is 16.4 Å². The van der Waals surface area contributed by atoms with Crippen molar-refractivity contribution in [2.75, 3.05) is 19.4 Å². The average Bonchev–Trinajstić information content (AvgIpc) is 2.36. The molecule has 1 aromatic rings. The molecule has 0 spiro atoms. The molecule has 8 heteroatoms. The summed E-state index contributed by atoms with van der Waals surface area (Å²) in [6.45, 7) is 1.14. The van der Waals surface area contributed by atoms with Gasteiger partial charge in [-0.1, -0.05) is 0 Å². The van der Waals surface area contributed by atoms with E-state index < -0.39 is 27.6 Å². The van der Waals surface area contributed by atoms with Gasteiger partial charge < -0.3 is 15.9 Å². The minimum absolute atomic E-state index is 0.161. The smallest absolute Gasteiger partial charge is 0.337 e. The molecule has 7 nitrogen and oxygen atoms in total. The van der Waals surface area contributed by atoms with Crippen LogP contribution in [0.3, 0.4) is 0 Å². The zero-order valence-electron chi connectivity index (χ0n) is 10.6. The third-order valence-electron chi connectivity index (χ3n) is 2.78. The van der Waals surface area contributed by atoms with Gasteiger partial charge in [0.2, 0.25) is 10.0 Å². The SMILES string of the molecule is CC(CO)N(C)S(=O)(=O)c1ccc(N)cc1C(=O)O. The molecule has 0 bridgehead atoms. The molecular formula is C11H16N2O5S. The number of aliphatic hydroxyl groups is 1. The molecular weight excluding hydrogens is 272 g/mol. The topological polar surface area (TPSA) is 121 Å². The Balaban J connectivity index is 3.41. The molecule has 0 radical (unpaired) electrons. The minimum Gasteiger partial charge on any atom is -0.478 e. The lowest BCUT2D eigenvalue weighted by atomic mass is 10.2. The Morgan fingerprint density at radius 1 is 1.47 bits per heavy atom. The first-order chi connectivity index (χ1) is 8.71. The van der Waals surface area contributed by atoms with Crippen LogP contribution in [0.5, 0.6) is 0 Å². The molecule has 0 aliphatic heterocycles. The number of aromatic carboxylic acids is 1. The minimum atomic E-state index is -4.01. The number of aliphatic hydroxyl groups excluding tert-OH is 1. The summed E-state index contributed by atoms with van der Waals surface area (Å²) >= 11 is 0. The first-order valence-electron chi connectivity index (χ1n) is 5.43. The van der Waals surface area contributed by atoms with Crippen LogP contribution in [0.4, 0.5) is 5.69 Å². The van der Waals surface area contributed by atoms with Gasteiger partial charge in [0, 0.05) is 18.8 Å². The maximum atomic E-state index is 12.3. The monoisotopic (exact) mass is 288 g/mol. The quantitative estimate of drug-likeness (QED) is 0.654. The van der Waals surface area contributed by atoms with Crippen molar-refractivity contribution < 1.29 is 23.4 Å². The highest BCUT2D eigenvalue weighted by molar-refractivity contribution is 7.89. The number of hydrogen-bond donors (Lipinski definition) is 3. The number of sulfonamides is 1. The van der Waals surface area contributed by atoms with Crippen LogP contribution in [-0.2, 0) is 10.0 Å². The summed E-state index contributed by atoms with van der Waals surface area (Å²) in [6, 6.07) is 2.89. The molecule has 0 aliphatic carbocycles. The van der Waals surface area contributed by atoms with Crippen LogP contribution < -0.4 is 5.73 Å². The van der Waals surface area contributed by atoms with Crippen LogP contribution >= 0.6 is 0 Å². The molecule has 0 aromatic heterocycles. The number of anilines is 1. The summed E-state index contributed by atoms with van der Waals surface area (Å²) in [7, 11) is -2.73. The Hall–Kier alpha value is -1.64. The number of benzene rings is 1. The summed E-state index contributed by atoms with van der Waals surface area (Å²) in [6.07, 6.45) is 0. The molecule has 1 aromatic carbocycles. The van der Waals surface area contributed by atoms with Gasteiger partial charge in [0.1, 0.15) is 0 Å². The second-order valence-electron chi connectivity index (χ2n) is 4.11. The van der Waals surface area contributed by atoms with Crippen molar-refractivity contribution in [2.45, 2.75) is 17.9 Å². The van der Waals surface area contributed by atoms with Gasteiger partial charge in [-0.05, 0) is 25.1 Å². The molecule has 0 heterocycles. The third-order valence-corrected chi connectivity index (χ3v) is 4.81. The number of nitrogens with two attached hydrogens (primary N) is 1. The molecule has 0 fully saturated rings. The van der Waals surface area contributed by atoms with E-state index >= 15 is 0 Å². The third kappa shape index (κ3) is 3.03. The van der Waals surface area contributed by atoms with Gasteiger partial charge in [0.15, 0.2) is 0 Å². The van der Waals surface area contributed by atoms with Gasteiger partial charge in [-0.25, -0.2) is 13.2 Å². The highest BCUT2D eigenvalue weighted by Crippen LogP contribution is 2.23. The predicted molar refractivity (Wildman–Crippen MR) is 69.3 cm³/mol. The fourth-order valence-corrected chi connectivity index (χ4v) is 2.96. The predicted octanol–water partition coefficient (Wildman–Crippen LogP) is -0.0317. The van der Waals surface area contributed by atoms with Crippen molar-refractivity contribution in [3.8, 4) is 0 Å². The second-order valence-corrected chi connectivity index (χ2v) is 6.08. The first kappa shape index (κ1) is 15.4. The lowest BCUT2D eigenvalue weighted by Crippen LogP contribution is -2.37. The molecule has 0 saturated carbocycles. The number of carboxylic acids is 1. The Morgan fingerprint density at radius 2 is 2.05 bits per heavy atom. The lowest BCUT2D eigenvalue weighted by molar-refractivity contribution is 0.0692. The summed E-state index contributed by atoms with van der Waals surface area (Å²) in [4.78, 5) is 10.7. The van der Waals surface area contributed by atoms with Crippen molar-refractivity contribution in [3.05, 3.63) is 23.8 Å². The average molecular weight is 288 g/mol. The first-order valence-corrected chi connectivity index (χ1v) is 6.87. The molecule has 106 valence electrons. The van der Waals surface area contributed by atoms with Crippen LogP contribution in [0, 0.1) is 0 Å². The van der Waals surface area contributed by atoms with Crippen molar-refractivity contribution in [1.29, 1.82) is 0 Å². The van der Waals surface area contributed by atoms with Crippen molar-refractivity contribution in [2.24, 2.45) is 0 Å². The normalized spacial score (nSPS) is 13.5. The van der Waals surface area contributed by atoms with E-state index in [4.69, 9.17) is 15.9 Å². The largest absolute Gasteiger partial charge is 0.478 e. The summed E-state index contributed by atoms with van der Waals surface area (Å²) in [5.41, 5.74) is 5.23. The van der Waals surface area contributed by atoms with E-state index in [-0.39, 0.29) is 17.2 Å².